The summed E-state index contributed by atoms with van der Waals surface area (Å²) in [5.41, 5.74) is 2.54. The maximum Gasteiger partial charge on any atom is 0.282 e. The van der Waals surface area contributed by atoms with Crippen LogP contribution in [0.1, 0.15) is 36.7 Å². The van der Waals surface area contributed by atoms with E-state index in [2.05, 4.69) is 58.3 Å². The zero-order chi connectivity index (χ0) is 24.9. The molecular formula is C30H26BrN3O2. The Morgan fingerprint density at radius 3 is 2.61 bits per heavy atom. The van der Waals surface area contributed by atoms with Gasteiger partial charge in [0, 0.05) is 10.9 Å². The molecule has 180 valence electrons. The van der Waals surface area contributed by atoms with E-state index < -0.39 is 0 Å². The average Bonchev–Trinajstić information content (AvgIpc) is 2.91. The Morgan fingerprint density at radius 2 is 1.78 bits per heavy atom. The van der Waals surface area contributed by atoms with Crippen molar-refractivity contribution in [2.45, 2.75) is 32.8 Å². The van der Waals surface area contributed by atoms with E-state index in [1.54, 1.807) is 12.3 Å². The summed E-state index contributed by atoms with van der Waals surface area (Å²) in [5.74, 6) is 1.45. The van der Waals surface area contributed by atoms with Gasteiger partial charge in [-0.05, 0) is 70.8 Å². The molecule has 0 aliphatic carbocycles. The third kappa shape index (κ3) is 5.24. The minimum atomic E-state index is -0.168. The first-order valence-electron chi connectivity index (χ1n) is 12.1. The smallest absolute Gasteiger partial charge is 0.282 e. The second kappa shape index (κ2) is 10.9. The van der Waals surface area contributed by atoms with Gasteiger partial charge in [-0.2, -0.15) is 9.78 Å². The van der Waals surface area contributed by atoms with Crippen LogP contribution in [0.25, 0.3) is 21.7 Å². The van der Waals surface area contributed by atoms with Crippen LogP contribution in [0, 0.1) is 0 Å². The number of fused-ring (bicyclic) bond motifs is 2. The van der Waals surface area contributed by atoms with E-state index in [4.69, 9.17) is 9.72 Å². The summed E-state index contributed by atoms with van der Waals surface area (Å²) in [6.07, 6.45) is 4.33. The Morgan fingerprint density at radius 1 is 0.972 bits per heavy atom. The van der Waals surface area contributed by atoms with Gasteiger partial charge in [-0.1, -0.05) is 71.7 Å². The molecule has 0 N–H and O–H groups in total. The second-order valence-corrected chi connectivity index (χ2v) is 9.57. The molecular weight excluding hydrogens is 514 g/mol. The van der Waals surface area contributed by atoms with Gasteiger partial charge in [0.15, 0.2) is 0 Å². The molecule has 0 fully saturated rings. The van der Waals surface area contributed by atoms with Gasteiger partial charge in [-0.25, -0.2) is 4.98 Å². The van der Waals surface area contributed by atoms with Crippen LogP contribution in [-0.4, -0.2) is 15.9 Å². The molecule has 5 rings (SSSR count). The van der Waals surface area contributed by atoms with E-state index in [9.17, 15) is 4.79 Å². The normalized spacial score (nSPS) is 11.5. The molecule has 0 aliphatic rings. The van der Waals surface area contributed by atoms with Gasteiger partial charge in [-0.3, -0.25) is 4.79 Å². The van der Waals surface area contributed by atoms with Crippen LogP contribution in [0.5, 0.6) is 5.75 Å². The van der Waals surface area contributed by atoms with Crippen LogP contribution in [0.4, 0.5) is 0 Å². The highest BCUT2D eigenvalue weighted by Crippen LogP contribution is 2.21. The van der Waals surface area contributed by atoms with Gasteiger partial charge >= 0.3 is 0 Å². The van der Waals surface area contributed by atoms with Crippen LogP contribution in [0.3, 0.4) is 0 Å². The topological polar surface area (TPSA) is 56.5 Å². The third-order valence-electron chi connectivity index (χ3n) is 6.11. The first-order valence-corrected chi connectivity index (χ1v) is 12.9. The fraction of sp³-hybridized carbons (Fsp3) is 0.167. The van der Waals surface area contributed by atoms with E-state index in [1.165, 1.54) is 15.4 Å². The molecule has 4 aromatic carbocycles. The molecule has 36 heavy (non-hydrogen) atoms. The van der Waals surface area contributed by atoms with E-state index in [0.29, 0.717) is 29.8 Å². The Balaban J connectivity index is 1.36. The number of aromatic nitrogens is 2. The molecule has 6 heteroatoms. The van der Waals surface area contributed by atoms with Crippen molar-refractivity contribution < 1.29 is 4.74 Å². The summed E-state index contributed by atoms with van der Waals surface area (Å²) in [4.78, 5) is 17.9. The van der Waals surface area contributed by atoms with Crippen LogP contribution in [-0.2, 0) is 13.0 Å². The molecule has 0 saturated heterocycles. The lowest BCUT2D eigenvalue weighted by Gasteiger charge is -2.10. The van der Waals surface area contributed by atoms with E-state index in [0.717, 1.165) is 34.2 Å². The van der Waals surface area contributed by atoms with Crippen molar-refractivity contribution in [1.29, 1.82) is 0 Å². The number of nitrogens with zero attached hydrogens (tertiary/aromatic N) is 3. The van der Waals surface area contributed by atoms with Crippen molar-refractivity contribution in [3.8, 4) is 5.75 Å². The molecule has 0 amide bonds. The van der Waals surface area contributed by atoms with E-state index in [-0.39, 0.29) is 5.56 Å². The predicted molar refractivity (Wildman–Crippen MR) is 150 cm³/mol. The second-order valence-electron chi connectivity index (χ2n) is 8.65. The summed E-state index contributed by atoms with van der Waals surface area (Å²) < 4.78 is 8.31. The summed E-state index contributed by atoms with van der Waals surface area (Å²) in [7, 11) is 0. The van der Waals surface area contributed by atoms with Crippen molar-refractivity contribution in [1.82, 2.24) is 9.66 Å². The lowest BCUT2D eigenvalue weighted by molar-refractivity contribution is 0.307. The summed E-state index contributed by atoms with van der Waals surface area (Å²) in [6, 6.07) is 27.8. The van der Waals surface area contributed by atoms with Crippen molar-refractivity contribution in [2.24, 2.45) is 5.10 Å². The monoisotopic (exact) mass is 539 g/mol. The number of unbranched alkanes of at least 4 members (excludes halogenated alkanes) is 1. The molecule has 0 bridgehead atoms. The molecule has 1 aromatic heterocycles. The number of ether oxygens (including phenoxy) is 1. The molecule has 0 radical (unpaired) electrons. The zero-order valence-electron chi connectivity index (χ0n) is 20.0. The highest BCUT2D eigenvalue weighted by Gasteiger charge is 2.11. The molecule has 0 unspecified atom stereocenters. The molecule has 1 heterocycles. The molecule has 0 spiro atoms. The molecule has 0 saturated carbocycles. The minimum absolute atomic E-state index is 0.168. The van der Waals surface area contributed by atoms with Crippen LogP contribution in [0.2, 0.25) is 0 Å². The van der Waals surface area contributed by atoms with E-state index in [1.807, 2.05) is 48.5 Å². The van der Waals surface area contributed by atoms with Gasteiger partial charge in [0.25, 0.3) is 5.56 Å². The highest BCUT2D eigenvalue weighted by molar-refractivity contribution is 9.10. The fourth-order valence-electron chi connectivity index (χ4n) is 4.16. The van der Waals surface area contributed by atoms with E-state index >= 15 is 0 Å². The van der Waals surface area contributed by atoms with Crippen molar-refractivity contribution in [2.75, 3.05) is 0 Å². The standard InChI is InChI=1S/C30H26BrN3O2/c1-2-3-11-29-33-28-17-14-24(31)18-27(28)30(35)34(29)32-19-21-12-15-25(16-13-21)36-20-23-9-6-8-22-7-4-5-10-26(22)23/h4-10,12-19H,2-3,11,20H2,1H3. The Labute approximate surface area is 218 Å². The number of benzene rings is 4. The number of aryl methyl sites for hydroxylation is 1. The lowest BCUT2D eigenvalue weighted by atomic mass is 10.1. The molecule has 0 aliphatic heterocycles. The summed E-state index contributed by atoms with van der Waals surface area (Å²) in [6.45, 7) is 2.61. The third-order valence-corrected chi connectivity index (χ3v) is 6.60. The van der Waals surface area contributed by atoms with Gasteiger partial charge in [0.05, 0.1) is 17.1 Å². The largest absolute Gasteiger partial charge is 0.489 e. The van der Waals surface area contributed by atoms with Crippen molar-refractivity contribution >= 4 is 43.8 Å². The number of hydrogen-bond acceptors (Lipinski definition) is 4. The molecule has 0 atom stereocenters. The van der Waals surface area contributed by atoms with Gasteiger partial charge < -0.3 is 4.74 Å². The number of rotatable bonds is 8. The summed E-state index contributed by atoms with van der Waals surface area (Å²) in [5, 5.41) is 7.47. The molecule has 5 aromatic rings. The maximum absolute atomic E-state index is 13.2. The van der Waals surface area contributed by atoms with Crippen LogP contribution in [0.15, 0.2) is 99.3 Å². The van der Waals surface area contributed by atoms with Crippen LogP contribution >= 0.6 is 15.9 Å². The lowest BCUT2D eigenvalue weighted by Crippen LogP contribution is -2.22. The Kier molecular flexibility index (Phi) is 7.23. The zero-order valence-corrected chi connectivity index (χ0v) is 21.6. The highest BCUT2D eigenvalue weighted by atomic mass is 79.9. The van der Waals surface area contributed by atoms with Gasteiger partial charge in [-0.15, -0.1) is 0 Å². The average molecular weight is 540 g/mol. The number of halogens is 1. The predicted octanol–water partition coefficient (Wildman–Crippen LogP) is 7.12. The maximum atomic E-state index is 13.2. The summed E-state index contributed by atoms with van der Waals surface area (Å²) >= 11 is 3.45. The van der Waals surface area contributed by atoms with Crippen molar-refractivity contribution in [3.05, 3.63) is 117 Å². The fourth-order valence-corrected chi connectivity index (χ4v) is 4.53. The molecule has 5 nitrogen and oxygen atoms in total. The Bertz CT molecular complexity index is 1600. The van der Waals surface area contributed by atoms with Gasteiger partial charge in [0.1, 0.15) is 18.2 Å². The van der Waals surface area contributed by atoms with Gasteiger partial charge in [0.2, 0.25) is 0 Å². The first-order chi connectivity index (χ1) is 17.6. The number of hydrogen-bond donors (Lipinski definition) is 0. The van der Waals surface area contributed by atoms with Crippen LogP contribution < -0.4 is 10.3 Å². The first kappa shape index (κ1) is 23.9. The quantitative estimate of drug-likeness (QED) is 0.197. The van der Waals surface area contributed by atoms with Crippen molar-refractivity contribution in [3.63, 3.8) is 0 Å². The SMILES string of the molecule is CCCCc1nc2ccc(Br)cc2c(=O)n1N=Cc1ccc(OCc2cccc3ccccc23)cc1. The minimum Gasteiger partial charge on any atom is -0.489 e. The Hall–Kier alpha value is -3.77.